The lowest BCUT2D eigenvalue weighted by Crippen LogP contribution is -2.17. The number of nitrogens with zero attached hydrogens (tertiary/aromatic N) is 1. The maximum absolute atomic E-state index is 11.6. The molecule has 3 aromatic carbocycles. The quantitative estimate of drug-likeness (QED) is 0.352. The van der Waals surface area contributed by atoms with E-state index >= 15 is 0 Å². The lowest BCUT2D eigenvalue weighted by Gasteiger charge is -2.15. The Morgan fingerprint density at radius 2 is 1.74 bits per heavy atom. The van der Waals surface area contributed by atoms with Gasteiger partial charge < -0.3 is 19.7 Å². The van der Waals surface area contributed by atoms with E-state index in [9.17, 15) is 9.59 Å². The van der Waals surface area contributed by atoms with Gasteiger partial charge in [-0.1, -0.05) is 30.3 Å². The van der Waals surface area contributed by atoms with Crippen LogP contribution in [0.15, 0.2) is 74.8 Å². The van der Waals surface area contributed by atoms with Gasteiger partial charge in [-0.05, 0) is 77.6 Å². The molecule has 1 heterocycles. The van der Waals surface area contributed by atoms with Crippen molar-refractivity contribution in [1.29, 1.82) is 0 Å². The predicted molar refractivity (Wildman–Crippen MR) is 130 cm³/mol. The minimum Gasteiger partial charge on any atom is -0.491 e. The van der Waals surface area contributed by atoms with E-state index < -0.39 is 11.4 Å². The molecule has 1 aromatic heterocycles. The number of hydrogen-bond acceptors (Lipinski definition) is 6. The molecular formula is C26H27N3O5. The van der Waals surface area contributed by atoms with Crippen LogP contribution in [-0.4, -0.2) is 28.0 Å². The van der Waals surface area contributed by atoms with Crippen molar-refractivity contribution < 1.29 is 14.4 Å². The van der Waals surface area contributed by atoms with Crippen molar-refractivity contribution in [2.75, 3.05) is 18.5 Å². The molecule has 0 saturated carbocycles. The molecule has 3 N–H and O–H groups in total. The van der Waals surface area contributed by atoms with Crippen LogP contribution in [0.25, 0.3) is 11.1 Å². The number of anilines is 1. The summed E-state index contributed by atoms with van der Waals surface area (Å²) in [6.45, 7) is 5.22. The lowest BCUT2D eigenvalue weighted by molar-refractivity contribution is 0.201. The number of aromatic amines is 1. The molecule has 4 rings (SSSR count). The molecule has 0 saturated heterocycles. The smallest absolute Gasteiger partial charge is 0.440 e. The minimum atomic E-state index is -0.762. The van der Waals surface area contributed by atoms with Crippen molar-refractivity contribution in [2.24, 2.45) is 0 Å². The molecule has 0 aliphatic carbocycles. The number of ether oxygens (including phenoxy) is 1. The number of H-pyrrole nitrogens is 1. The van der Waals surface area contributed by atoms with Gasteiger partial charge in [0, 0.05) is 12.2 Å². The zero-order valence-corrected chi connectivity index (χ0v) is 19.1. The highest BCUT2D eigenvalue weighted by atomic mass is 16.5. The summed E-state index contributed by atoms with van der Waals surface area (Å²) >= 11 is 0. The molecule has 0 bridgehead atoms. The highest BCUT2D eigenvalue weighted by Gasteiger charge is 2.10. The maximum Gasteiger partial charge on any atom is 0.440 e. The van der Waals surface area contributed by atoms with Crippen LogP contribution < -0.4 is 21.5 Å². The molecule has 8 nitrogen and oxygen atoms in total. The Bertz CT molecular complexity index is 1360. The van der Waals surface area contributed by atoms with Crippen LogP contribution in [0.4, 0.5) is 5.69 Å². The second kappa shape index (κ2) is 10.3. The fourth-order valence-corrected chi connectivity index (χ4v) is 3.98. The largest absolute Gasteiger partial charge is 0.491 e. The summed E-state index contributed by atoms with van der Waals surface area (Å²) in [5.74, 6) is -0.000492. The van der Waals surface area contributed by atoms with Crippen molar-refractivity contribution in [3.05, 3.63) is 104 Å². The number of rotatable bonds is 9. The van der Waals surface area contributed by atoms with Gasteiger partial charge in [-0.3, -0.25) is 0 Å². The number of benzene rings is 3. The van der Waals surface area contributed by atoms with E-state index in [4.69, 9.17) is 14.4 Å². The van der Waals surface area contributed by atoms with Gasteiger partial charge in [0.2, 0.25) is 0 Å². The van der Waals surface area contributed by atoms with E-state index in [1.807, 2.05) is 42.5 Å². The van der Waals surface area contributed by atoms with Gasteiger partial charge in [0.25, 0.3) is 0 Å². The number of aliphatic hydroxyl groups excluding tert-OH is 1. The molecule has 34 heavy (non-hydrogen) atoms. The van der Waals surface area contributed by atoms with Gasteiger partial charge in [-0.25, -0.2) is 14.6 Å². The van der Waals surface area contributed by atoms with E-state index in [0.29, 0.717) is 6.54 Å². The molecule has 0 radical (unpaired) electrons. The number of aryl methyl sites for hydroxylation is 2. The number of hydrogen-bond donors (Lipinski definition) is 3. The second-order valence-electron chi connectivity index (χ2n) is 8.10. The highest BCUT2D eigenvalue weighted by Crippen LogP contribution is 2.31. The van der Waals surface area contributed by atoms with Crippen LogP contribution in [0.1, 0.15) is 22.3 Å². The average Bonchev–Trinajstić information content (AvgIpc) is 3.13. The molecule has 8 heteroatoms. The van der Waals surface area contributed by atoms with Crippen LogP contribution in [-0.2, 0) is 13.1 Å². The molecule has 0 amide bonds. The topological polar surface area (TPSA) is 109 Å². The second-order valence-corrected chi connectivity index (χ2v) is 8.10. The Morgan fingerprint density at radius 3 is 2.38 bits per heavy atom. The standard InChI is InChI=1S/C26H27N3O5/c1-17-12-23(33-11-10-30)13-18(2)24(17)21-5-3-4-20(14-21)15-27-22-8-6-19(7-9-22)16-29-25(31)28-26(32)34-29/h3-9,12-14,27,30H,10-11,15-16H2,1-2H3,(H,28,31,32). The van der Waals surface area contributed by atoms with Crippen LogP contribution in [0.5, 0.6) is 5.75 Å². The van der Waals surface area contributed by atoms with E-state index in [-0.39, 0.29) is 19.8 Å². The SMILES string of the molecule is Cc1cc(OCCO)cc(C)c1-c1cccc(CNc2ccc(Cn3oc(=O)[nH]c3=O)cc2)c1. The number of aliphatic hydroxyl groups is 1. The molecule has 0 unspecified atom stereocenters. The van der Waals surface area contributed by atoms with E-state index in [0.717, 1.165) is 44.0 Å². The first kappa shape index (κ1) is 23.1. The maximum atomic E-state index is 11.6. The zero-order valence-electron chi connectivity index (χ0n) is 19.1. The third-order valence-electron chi connectivity index (χ3n) is 5.49. The molecule has 0 aliphatic rings. The Balaban J connectivity index is 1.43. The third kappa shape index (κ3) is 5.47. The normalized spacial score (nSPS) is 10.9. The van der Waals surface area contributed by atoms with Crippen LogP contribution in [0.3, 0.4) is 0 Å². The van der Waals surface area contributed by atoms with Gasteiger partial charge in [0.15, 0.2) is 0 Å². The van der Waals surface area contributed by atoms with Crippen LogP contribution >= 0.6 is 0 Å². The first-order chi connectivity index (χ1) is 16.4. The molecule has 0 fully saturated rings. The summed E-state index contributed by atoms with van der Waals surface area (Å²) in [5, 5.41) is 12.4. The highest BCUT2D eigenvalue weighted by molar-refractivity contribution is 5.72. The first-order valence-electron chi connectivity index (χ1n) is 11.0. The monoisotopic (exact) mass is 461 g/mol. The van der Waals surface area contributed by atoms with Crippen molar-refractivity contribution in [1.82, 2.24) is 9.72 Å². The summed E-state index contributed by atoms with van der Waals surface area (Å²) in [4.78, 5) is 24.8. The van der Waals surface area contributed by atoms with Gasteiger partial charge in [0.05, 0.1) is 13.2 Å². The van der Waals surface area contributed by atoms with E-state index in [1.165, 1.54) is 5.56 Å². The molecule has 176 valence electrons. The Morgan fingerprint density at radius 1 is 1.00 bits per heavy atom. The fourth-order valence-electron chi connectivity index (χ4n) is 3.98. The average molecular weight is 462 g/mol. The molecule has 0 spiro atoms. The van der Waals surface area contributed by atoms with Crippen molar-refractivity contribution in [3.8, 4) is 16.9 Å². The van der Waals surface area contributed by atoms with Gasteiger partial charge >= 0.3 is 11.4 Å². The van der Waals surface area contributed by atoms with Gasteiger partial charge in [-0.15, -0.1) is 4.74 Å². The molecular weight excluding hydrogens is 434 g/mol. The summed E-state index contributed by atoms with van der Waals surface area (Å²) < 4.78 is 11.4. The summed E-state index contributed by atoms with van der Waals surface area (Å²) in [6, 6.07) is 20.0. The Hall–Kier alpha value is -4.04. The van der Waals surface area contributed by atoms with E-state index in [1.54, 1.807) is 0 Å². The summed E-state index contributed by atoms with van der Waals surface area (Å²) in [7, 11) is 0. The summed E-state index contributed by atoms with van der Waals surface area (Å²) in [5.41, 5.74) is 6.90. The Kier molecular flexibility index (Phi) is 6.98. The zero-order chi connectivity index (χ0) is 24.1. The summed E-state index contributed by atoms with van der Waals surface area (Å²) in [6.07, 6.45) is 0. The molecule has 0 aliphatic heterocycles. The predicted octanol–water partition coefficient (Wildman–Crippen LogP) is 3.44. The van der Waals surface area contributed by atoms with Gasteiger partial charge in [-0.2, -0.15) is 0 Å². The molecule has 4 aromatic rings. The fraction of sp³-hybridized carbons (Fsp3) is 0.231. The third-order valence-corrected chi connectivity index (χ3v) is 5.49. The van der Waals surface area contributed by atoms with Crippen molar-refractivity contribution in [3.63, 3.8) is 0 Å². The Labute approximate surface area is 196 Å². The van der Waals surface area contributed by atoms with Crippen molar-refractivity contribution >= 4 is 5.69 Å². The molecule has 0 atom stereocenters. The van der Waals surface area contributed by atoms with Gasteiger partial charge in [0.1, 0.15) is 12.4 Å². The minimum absolute atomic E-state index is 0.0113. The van der Waals surface area contributed by atoms with Crippen LogP contribution in [0.2, 0.25) is 0 Å². The van der Waals surface area contributed by atoms with E-state index in [2.05, 4.69) is 42.3 Å². The first-order valence-corrected chi connectivity index (χ1v) is 11.0. The lowest BCUT2D eigenvalue weighted by atomic mass is 9.94. The van der Waals surface area contributed by atoms with Crippen LogP contribution in [0, 0.1) is 13.8 Å². The number of nitrogens with one attached hydrogen (secondary N) is 2. The number of aromatic nitrogens is 2. The van der Waals surface area contributed by atoms with Crippen molar-refractivity contribution in [2.45, 2.75) is 26.9 Å².